The molecule has 0 unspecified atom stereocenters. The number of fused-ring (bicyclic) bond motifs is 1. The predicted octanol–water partition coefficient (Wildman–Crippen LogP) is 3.61. The van der Waals surface area contributed by atoms with Crippen molar-refractivity contribution in [3.05, 3.63) is 23.3 Å². The molecule has 0 aromatic heterocycles. The molecule has 1 aromatic rings. The van der Waals surface area contributed by atoms with Crippen LogP contribution in [0.25, 0.3) is 0 Å². The average molecular weight is 276 g/mol. The lowest BCUT2D eigenvalue weighted by Gasteiger charge is -2.26. The average Bonchev–Trinajstić information content (AvgIpc) is 2.49. The zero-order chi connectivity index (χ0) is 15.3. The number of nitrogens with zero attached hydrogens (tertiary/aromatic N) is 1. The number of anilines is 2. The number of carbonyl (C=O) groups is 1. The molecule has 20 heavy (non-hydrogen) atoms. The lowest BCUT2D eigenvalue weighted by Crippen LogP contribution is -2.38. The van der Waals surface area contributed by atoms with E-state index in [9.17, 15) is 4.79 Å². The Hall–Kier alpha value is -1.71. The Morgan fingerprint density at radius 2 is 1.95 bits per heavy atom. The van der Waals surface area contributed by atoms with Crippen molar-refractivity contribution in [2.45, 2.75) is 52.6 Å². The molecule has 0 atom stereocenters. The number of carbonyl (C=O) groups excluding carboxylic acids is 1. The maximum absolute atomic E-state index is 12.4. The third-order valence-corrected chi connectivity index (χ3v) is 3.45. The van der Waals surface area contributed by atoms with Crippen LogP contribution in [0.1, 0.15) is 45.7 Å². The Balaban J connectivity index is 2.45. The molecule has 0 radical (unpaired) electrons. The van der Waals surface area contributed by atoms with Crippen LogP contribution < -0.4 is 10.6 Å². The van der Waals surface area contributed by atoms with Crippen molar-refractivity contribution >= 4 is 17.5 Å². The van der Waals surface area contributed by atoms with Gasteiger partial charge in [-0.25, -0.2) is 4.79 Å². The molecule has 2 rings (SSSR count). The summed E-state index contributed by atoms with van der Waals surface area (Å²) in [6.07, 6.45) is -0.333. The summed E-state index contributed by atoms with van der Waals surface area (Å²) < 4.78 is 5.49. The molecule has 0 saturated carbocycles. The first kappa shape index (κ1) is 14.7. The molecule has 1 heterocycles. The first-order valence-corrected chi connectivity index (χ1v) is 6.92. The van der Waals surface area contributed by atoms with Gasteiger partial charge in [0.05, 0.1) is 11.4 Å². The van der Waals surface area contributed by atoms with Gasteiger partial charge in [0, 0.05) is 12.0 Å². The van der Waals surface area contributed by atoms with Gasteiger partial charge >= 0.3 is 6.09 Å². The molecule has 1 aliphatic rings. The number of rotatable bonds is 0. The topological polar surface area (TPSA) is 55.6 Å². The molecule has 110 valence electrons. The van der Waals surface area contributed by atoms with E-state index in [1.807, 2.05) is 33.8 Å². The van der Waals surface area contributed by atoms with E-state index in [1.54, 1.807) is 4.90 Å². The standard InChI is InChI=1S/C16H24N2O2/c1-10-7-11-13(12(17)8-10)18(9-16(11,5)6)14(19)20-15(2,3)4/h7-8H,9,17H2,1-6H3. The summed E-state index contributed by atoms with van der Waals surface area (Å²) in [4.78, 5) is 14.1. The van der Waals surface area contributed by atoms with Crippen molar-refractivity contribution in [3.8, 4) is 0 Å². The summed E-state index contributed by atoms with van der Waals surface area (Å²) in [6, 6.07) is 4.01. The van der Waals surface area contributed by atoms with Gasteiger partial charge in [-0.2, -0.15) is 0 Å². The number of nitrogens with two attached hydrogens (primary N) is 1. The summed E-state index contributed by atoms with van der Waals surface area (Å²) in [7, 11) is 0. The van der Waals surface area contributed by atoms with E-state index in [0.717, 1.165) is 16.8 Å². The van der Waals surface area contributed by atoms with Gasteiger partial charge in [0.2, 0.25) is 0 Å². The van der Waals surface area contributed by atoms with Crippen molar-refractivity contribution < 1.29 is 9.53 Å². The van der Waals surface area contributed by atoms with Crippen LogP contribution in [0.15, 0.2) is 12.1 Å². The molecule has 1 aromatic carbocycles. The maximum Gasteiger partial charge on any atom is 0.414 e. The van der Waals surface area contributed by atoms with Crippen LogP contribution >= 0.6 is 0 Å². The molecule has 0 aliphatic carbocycles. The van der Waals surface area contributed by atoms with Gasteiger partial charge in [0.1, 0.15) is 5.60 Å². The fourth-order valence-electron chi connectivity index (χ4n) is 2.66. The van der Waals surface area contributed by atoms with E-state index >= 15 is 0 Å². The van der Waals surface area contributed by atoms with Crippen molar-refractivity contribution in [3.63, 3.8) is 0 Å². The number of nitrogen functional groups attached to an aromatic ring is 1. The zero-order valence-electron chi connectivity index (χ0n) is 13.2. The third kappa shape index (κ3) is 2.60. The molecule has 0 fully saturated rings. The van der Waals surface area contributed by atoms with E-state index in [0.29, 0.717) is 12.2 Å². The molecular formula is C16H24N2O2. The Bertz CT molecular complexity index is 556. The van der Waals surface area contributed by atoms with Crippen LogP contribution in [0.2, 0.25) is 0 Å². The van der Waals surface area contributed by atoms with Gasteiger partial charge in [0.25, 0.3) is 0 Å². The lowest BCUT2D eigenvalue weighted by atomic mass is 9.86. The molecule has 1 aliphatic heterocycles. The summed E-state index contributed by atoms with van der Waals surface area (Å²) in [5.41, 5.74) is 9.17. The molecule has 1 amide bonds. The number of hydrogen-bond donors (Lipinski definition) is 1. The van der Waals surface area contributed by atoms with Crippen molar-refractivity contribution in [1.29, 1.82) is 0 Å². The predicted molar refractivity (Wildman–Crippen MR) is 82.2 cm³/mol. The number of ether oxygens (including phenoxy) is 1. The molecule has 0 saturated heterocycles. The summed E-state index contributed by atoms with van der Waals surface area (Å²) in [5.74, 6) is 0. The SMILES string of the molecule is Cc1cc(N)c2c(c1)C(C)(C)CN2C(=O)OC(C)(C)C. The quantitative estimate of drug-likeness (QED) is 0.736. The number of aryl methyl sites for hydroxylation is 1. The summed E-state index contributed by atoms with van der Waals surface area (Å²) in [5, 5.41) is 0. The van der Waals surface area contributed by atoms with E-state index in [-0.39, 0.29) is 11.5 Å². The Labute approximate surface area is 120 Å². The largest absolute Gasteiger partial charge is 0.443 e. The lowest BCUT2D eigenvalue weighted by molar-refractivity contribution is 0.0579. The van der Waals surface area contributed by atoms with E-state index in [2.05, 4.69) is 19.9 Å². The van der Waals surface area contributed by atoms with E-state index < -0.39 is 5.60 Å². The van der Waals surface area contributed by atoms with Gasteiger partial charge < -0.3 is 10.5 Å². The van der Waals surface area contributed by atoms with Gasteiger partial charge in [0.15, 0.2) is 0 Å². The summed E-state index contributed by atoms with van der Waals surface area (Å²) in [6.45, 7) is 12.4. The molecular weight excluding hydrogens is 252 g/mol. The first-order chi connectivity index (χ1) is 9.01. The number of amides is 1. The van der Waals surface area contributed by atoms with Gasteiger partial charge in [-0.3, -0.25) is 4.90 Å². The monoisotopic (exact) mass is 276 g/mol. The second-order valence-corrected chi connectivity index (χ2v) is 7.20. The van der Waals surface area contributed by atoms with Crippen LogP contribution in [-0.2, 0) is 10.2 Å². The van der Waals surface area contributed by atoms with Crippen LogP contribution in [-0.4, -0.2) is 18.2 Å². The highest BCUT2D eigenvalue weighted by Crippen LogP contribution is 2.45. The normalized spacial score (nSPS) is 17.0. The zero-order valence-corrected chi connectivity index (χ0v) is 13.2. The van der Waals surface area contributed by atoms with Crippen molar-refractivity contribution in [2.24, 2.45) is 0 Å². The van der Waals surface area contributed by atoms with Crippen LogP contribution in [0.4, 0.5) is 16.2 Å². The second-order valence-electron chi connectivity index (χ2n) is 7.20. The van der Waals surface area contributed by atoms with Crippen LogP contribution in [0.3, 0.4) is 0 Å². The number of benzene rings is 1. The van der Waals surface area contributed by atoms with Gasteiger partial charge in [-0.15, -0.1) is 0 Å². The van der Waals surface area contributed by atoms with Gasteiger partial charge in [-0.05, 0) is 44.9 Å². The number of hydrogen-bond acceptors (Lipinski definition) is 3. The fraction of sp³-hybridized carbons (Fsp3) is 0.562. The molecule has 0 spiro atoms. The fourth-order valence-corrected chi connectivity index (χ4v) is 2.66. The smallest absolute Gasteiger partial charge is 0.414 e. The Morgan fingerprint density at radius 1 is 1.35 bits per heavy atom. The minimum absolute atomic E-state index is 0.119. The van der Waals surface area contributed by atoms with Gasteiger partial charge in [-0.1, -0.05) is 19.9 Å². The molecule has 4 nitrogen and oxygen atoms in total. The molecule has 0 bridgehead atoms. The highest BCUT2D eigenvalue weighted by molar-refractivity contribution is 5.96. The summed E-state index contributed by atoms with van der Waals surface area (Å²) >= 11 is 0. The second kappa shape index (κ2) is 4.40. The van der Waals surface area contributed by atoms with Crippen LogP contribution in [0.5, 0.6) is 0 Å². The minimum Gasteiger partial charge on any atom is -0.443 e. The Morgan fingerprint density at radius 3 is 2.50 bits per heavy atom. The minimum atomic E-state index is -0.510. The van der Waals surface area contributed by atoms with Crippen molar-refractivity contribution in [2.75, 3.05) is 17.2 Å². The van der Waals surface area contributed by atoms with Crippen LogP contribution in [0, 0.1) is 6.92 Å². The molecule has 4 heteroatoms. The maximum atomic E-state index is 12.4. The van der Waals surface area contributed by atoms with E-state index in [1.165, 1.54) is 0 Å². The third-order valence-electron chi connectivity index (χ3n) is 3.45. The van der Waals surface area contributed by atoms with E-state index in [4.69, 9.17) is 10.5 Å². The Kier molecular flexibility index (Phi) is 3.23. The first-order valence-electron chi connectivity index (χ1n) is 6.92. The van der Waals surface area contributed by atoms with Crippen molar-refractivity contribution in [1.82, 2.24) is 0 Å². The highest BCUT2D eigenvalue weighted by atomic mass is 16.6. The highest BCUT2D eigenvalue weighted by Gasteiger charge is 2.41. The molecule has 2 N–H and O–H groups in total.